The quantitative estimate of drug-likeness (QED) is 0.844. The van der Waals surface area contributed by atoms with Gasteiger partial charge in [-0.25, -0.2) is 14.4 Å². The van der Waals surface area contributed by atoms with Crippen LogP contribution < -0.4 is 5.32 Å². The lowest BCUT2D eigenvalue weighted by atomic mass is 10.0. The van der Waals surface area contributed by atoms with Crippen LogP contribution in [0.4, 0.5) is 10.2 Å². The average molecular weight is 345 g/mol. The van der Waals surface area contributed by atoms with Crippen LogP contribution in [0.5, 0.6) is 0 Å². The van der Waals surface area contributed by atoms with Crippen LogP contribution in [0.25, 0.3) is 11.3 Å². The van der Waals surface area contributed by atoms with Gasteiger partial charge in [0, 0.05) is 22.6 Å². The zero-order valence-electron chi connectivity index (χ0n) is 10.5. The molecule has 3 nitrogen and oxygen atoms in total. The first kappa shape index (κ1) is 14.2. The molecule has 19 heavy (non-hydrogen) atoms. The summed E-state index contributed by atoms with van der Waals surface area (Å²) < 4.78 is 14.8. The molecule has 0 bridgehead atoms. The van der Waals surface area contributed by atoms with Gasteiger partial charge in [0.2, 0.25) is 0 Å². The van der Waals surface area contributed by atoms with Crippen LogP contribution in [0.3, 0.4) is 0 Å². The predicted molar refractivity (Wildman–Crippen MR) is 79.1 cm³/mol. The summed E-state index contributed by atoms with van der Waals surface area (Å²) >= 11 is 9.12. The molecule has 0 fully saturated rings. The SMILES string of the molecule is CCc1c(NC)ncnc1-c1ccc(Br)c(Cl)c1F. The lowest BCUT2D eigenvalue weighted by Crippen LogP contribution is -2.03. The van der Waals surface area contributed by atoms with E-state index in [1.807, 2.05) is 6.92 Å². The highest BCUT2D eigenvalue weighted by molar-refractivity contribution is 9.10. The standard InChI is InChI=1S/C13H12BrClFN3/c1-3-7-12(18-6-19-13(7)17-2)8-4-5-9(14)10(15)11(8)16/h4-6H,3H2,1-2H3,(H,17,18,19). The summed E-state index contributed by atoms with van der Waals surface area (Å²) in [7, 11) is 1.77. The van der Waals surface area contributed by atoms with Crippen molar-refractivity contribution in [3.8, 4) is 11.3 Å². The smallest absolute Gasteiger partial charge is 0.152 e. The minimum Gasteiger partial charge on any atom is -0.373 e. The Morgan fingerprint density at radius 1 is 1.37 bits per heavy atom. The molecule has 0 aliphatic heterocycles. The number of rotatable bonds is 3. The van der Waals surface area contributed by atoms with Gasteiger partial charge < -0.3 is 5.32 Å². The van der Waals surface area contributed by atoms with Crippen LogP contribution in [-0.2, 0) is 6.42 Å². The van der Waals surface area contributed by atoms with Crippen molar-refractivity contribution in [1.29, 1.82) is 0 Å². The molecule has 100 valence electrons. The summed E-state index contributed by atoms with van der Waals surface area (Å²) in [4.78, 5) is 8.33. The Morgan fingerprint density at radius 2 is 2.11 bits per heavy atom. The Hall–Kier alpha value is -1.20. The van der Waals surface area contributed by atoms with Crippen molar-refractivity contribution in [2.45, 2.75) is 13.3 Å². The third-order valence-electron chi connectivity index (χ3n) is 2.83. The molecule has 0 unspecified atom stereocenters. The Labute approximate surface area is 124 Å². The van der Waals surface area contributed by atoms with E-state index in [1.54, 1.807) is 19.2 Å². The van der Waals surface area contributed by atoms with Gasteiger partial charge in [-0.05, 0) is 34.5 Å². The van der Waals surface area contributed by atoms with Crippen molar-refractivity contribution in [1.82, 2.24) is 9.97 Å². The molecular weight excluding hydrogens is 333 g/mol. The third-order valence-corrected chi connectivity index (χ3v) is 4.08. The lowest BCUT2D eigenvalue weighted by molar-refractivity contribution is 0.630. The van der Waals surface area contributed by atoms with Gasteiger partial charge >= 0.3 is 0 Å². The molecule has 1 N–H and O–H groups in total. The van der Waals surface area contributed by atoms with E-state index in [9.17, 15) is 4.39 Å². The number of nitrogens with zero attached hydrogens (tertiary/aromatic N) is 2. The Morgan fingerprint density at radius 3 is 2.74 bits per heavy atom. The number of aromatic nitrogens is 2. The highest BCUT2D eigenvalue weighted by Crippen LogP contribution is 2.34. The Bertz CT molecular complexity index is 619. The maximum Gasteiger partial charge on any atom is 0.152 e. The zero-order chi connectivity index (χ0) is 14.0. The fourth-order valence-electron chi connectivity index (χ4n) is 1.90. The molecule has 0 spiro atoms. The largest absolute Gasteiger partial charge is 0.373 e. The summed E-state index contributed by atoms with van der Waals surface area (Å²) in [6.07, 6.45) is 2.11. The van der Waals surface area contributed by atoms with E-state index >= 15 is 0 Å². The number of anilines is 1. The van der Waals surface area contributed by atoms with Crippen LogP contribution in [0, 0.1) is 5.82 Å². The predicted octanol–water partition coefficient (Wildman–Crippen LogP) is 4.30. The van der Waals surface area contributed by atoms with Gasteiger partial charge in [0.1, 0.15) is 12.1 Å². The van der Waals surface area contributed by atoms with Gasteiger partial charge in [0.15, 0.2) is 5.82 Å². The molecule has 0 atom stereocenters. The minimum atomic E-state index is -0.480. The molecule has 6 heteroatoms. The first-order valence-electron chi connectivity index (χ1n) is 5.75. The molecule has 0 amide bonds. The minimum absolute atomic E-state index is 0.0594. The van der Waals surface area contributed by atoms with Crippen LogP contribution in [0.1, 0.15) is 12.5 Å². The second-order valence-electron chi connectivity index (χ2n) is 3.88. The molecule has 2 rings (SSSR count). The van der Waals surface area contributed by atoms with Crippen molar-refractivity contribution >= 4 is 33.3 Å². The number of halogens is 3. The molecular formula is C13H12BrClFN3. The van der Waals surface area contributed by atoms with Gasteiger partial charge in [-0.1, -0.05) is 18.5 Å². The molecule has 0 radical (unpaired) electrons. The van der Waals surface area contributed by atoms with Crippen LogP contribution in [0.15, 0.2) is 22.9 Å². The second kappa shape index (κ2) is 5.84. The van der Waals surface area contributed by atoms with Crippen LogP contribution >= 0.6 is 27.5 Å². The molecule has 0 saturated carbocycles. The van der Waals surface area contributed by atoms with Gasteiger partial charge in [-0.2, -0.15) is 0 Å². The van der Waals surface area contributed by atoms with Crippen molar-refractivity contribution in [2.75, 3.05) is 12.4 Å². The average Bonchev–Trinajstić information content (AvgIpc) is 2.44. The van der Waals surface area contributed by atoms with E-state index in [0.717, 1.165) is 5.56 Å². The van der Waals surface area contributed by atoms with Gasteiger partial charge in [-0.3, -0.25) is 0 Å². The summed E-state index contributed by atoms with van der Waals surface area (Å²) in [6, 6.07) is 3.37. The molecule has 0 aliphatic rings. The number of benzene rings is 1. The second-order valence-corrected chi connectivity index (χ2v) is 5.11. The topological polar surface area (TPSA) is 37.8 Å². The van der Waals surface area contributed by atoms with E-state index in [1.165, 1.54) is 6.33 Å². The summed E-state index contributed by atoms with van der Waals surface area (Å²) in [5.41, 5.74) is 1.81. The first-order chi connectivity index (χ1) is 9.10. The number of hydrogen-bond donors (Lipinski definition) is 1. The molecule has 1 heterocycles. The zero-order valence-corrected chi connectivity index (χ0v) is 12.8. The van der Waals surface area contributed by atoms with Crippen molar-refractivity contribution < 1.29 is 4.39 Å². The summed E-state index contributed by atoms with van der Waals surface area (Å²) in [6.45, 7) is 1.97. The van der Waals surface area contributed by atoms with Gasteiger partial charge in [0.05, 0.1) is 10.7 Å². The fraction of sp³-hybridized carbons (Fsp3) is 0.231. The Balaban J connectivity index is 2.69. The normalized spacial score (nSPS) is 10.6. The van der Waals surface area contributed by atoms with E-state index < -0.39 is 5.82 Å². The lowest BCUT2D eigenvalue weighted by Gasteiger charge is -2.12. The van der Waals surface area contributed by atoms with E-state index in [4.69, 9.17) is 11.6 Å². The third kappa shape index (κ3) is 2.58. The monoisotopic (exact) mass is 343 g/mol. The number of hydrogen-bond acceptors (Lipinski definition) is 3. The molecule has 1 aromatic heterocycles. The van der Waals surface area contributed by atoms with Crippen molar-refractivity contribution in [2.24, 2.45) is 0 Å². The van der Waals surface area contributed by atoms with Crippen LogP contribution in [0.2, 0.25) is 5.02 Å². The van der Waals surface area contributed by atoms with Crippen LogP contribution in [-0.4, -0.2) is 17.0 Å². The van der Waals surface area contributed by atoms with Crippen molar-refractivity contribution in [3.63, 3.8) is 0 Å². The molecule has 1 aromatic carbocycles. The maximum absolute atomic E-state index is 14.3. The highest BCUT2D eigenvalue weighted by Gasteiger charge is 2.17. The van der Waals surface area contributed by atoms with E-state index in [0.29, 0.717) is 28.0 Å². The Kier molecular flexibility index (Phi) is 4.37. The molecule has 0 saturated heterocycles. The van der Waals surface area contributed by atoms with Gasteiger partial charge in [-0.15, -0.1) is 0 Å². The van der Waals surface area contributed by atoms with Crippen molar-refractivity contribution in [3.05, 3.63) is 39.3 Å². The molecule has 0 aliphatic carbocycles. The summed E-state index contributed by atoms with van der Waals surface area (Å²) in [5, 5.41) is 3.05. The fourth-order valence-corrected chi connectivity index (χ4v) is 2.37. The number of nitrogens with one attached hydrogen (secondary N) is 1. The van der Waals surface area contributed by atoms with E-state index in [2.05, 4.69) is 31.2 Å². The molecule has 2 aromatic rings. The first-order valence-corrected chi connectivity index (χ1v) is 6.92. The highest BCUT2D eigenvalue weighted by atomic mass is 79.9. The maximum atomic E-state index is 14.3. The summed E-state index contributed by atoms with van der Waals surface area (Å²) in [5.74, 6) is 0.220. The van der Waals surface area contributed by atoms with E-state index in [-0.39, 0.29) is 5.02 Å². The van der Waals surface area contributed by atoms with Gasteiger partial charge in [0.25, 0.3) is 0 Å².